The Morgan fingerprint density at radius 3 is 2.13 bits per heavy atom. The van der Waals surface area contributed by atoms with E-state index in [4.69, 9.17) is 4.98 Å². The standard InChI is InChI=1S/C29H34N4O3S2/c1-5-31(6-2)20-21-32(29-30-27-22(4)12-11-15-26(27)37-29)28(34)23-16-18-25(19-17-23)38(35,36)33(7-3)24-13-9-8-10-14-24/h8-19H,5-7,20-21H2,1-4H3. The number of amides is 1. The molecular formula is C29H34N4O3S2. The highest BCUT2D eigenvalue weighted by molar-refractivity contribution is 7.92. The number of hydrogen-bond acceptors (Lipinski definition) is 6. The van der Waals surface area contributed by atoms with Gasteiger partial charge in [-0.3, -0.25) is 14.0 Å². The number of sulfonamides is 1. The molecule has 0 saturated carbocycles. The lowest BCUT2D eigenvalue weighted by Crippen LogP contribution is -2.39. The smallest absolute Gasteiger partial charge is 0.264 e. The molecule has 0 aliphatic heterocycles. The van der Waals surface area contributed by atoms with Gasteiger partial charge in [-0.1, -0.05) is 55.5 Å². The zero-order valence-electron chi connectivity index (χ0n) is 22.3. The van der Waals surface area contributed by atoms with E-state index in [1.54, 1.807) is 36.1 Å². The average molecular weight is 551 g/mol. The van der Waals surface area contributed by atoms with Gasteiger partial charge >= 0.3 is 0 Å². The van der Waals surface area contributed by atoms with E-state index in [0.29, 0.717) is 36.0 Å². The number of nitrogens with zero attached hydrogens (tertiary/aromatic N) is 4. The number of aromatic nitrogens is 1. The fraction of sp³-hybridized carbons (Fsp3) is 0.310. The van der Waals surface area contributed by atoms with E-state index in [-0.39, 0.29) is 10.8 Å². The fourth-order valence-corrected chi connectivity index (χ4v) is 6.93. The van der Waals surface area contributed by atoms with E-state index in [1.807, 2.05) is 43.3 Å². The molecule has 38 heavy (non-hydrogen) atoms. The Kier molecular flexibility index (Phi) is 8.81. The monoisotopic (exact) mass is 550 g/mol. The molecule has 0 atom stereocenters. The molecule has 0 aliphatic rings. The van der Waals surface area contributed by atoms with Crippen LogP contribution in [0.15, 0.2) is 77.7 Å². The molecule has 0 aliphatic carbocycles. The number of fused-ring (bicyclic) bond motifs is 1. The number of likely N-dealkylation sites (N-methyl/N-ethyl adjacent to an activating group) is 1. The Morgan fingerprint density at radius 1 is 0.842 bits per heavy atom. The summed E-state index contributed by atoms with van der Waals surface area (Å²) in [4.78, 5) is 22.7. The zero-order chi connectivity index (χ0) is 27.3. The summed E-state index contributed by atoms with van der Waals surface area (Å²) in [5.41, 5.74) is 2.98. The third-order valence-electron chi connectivity index (χ3n) is 6.64. The van der Waals surface area contributed by atoms with Crippen LogP contribution in [0, 0.1) is 6.92 Å². The summed E-state index contributed by atoms with van der Waals surface area (Å²) in [7, 11) is -3.78. The van der Waals surface area contributed by atoms with Crippen LogP contribution in [0.1, 0.15) is 36.7 Å². The molecule has 9 heteroatoms. The predicted molar refractivity (Wildman–Crippen MR) is 157 cm³/mol. The lowest BCUT2D eigenvalue weighted by Gasteiger charge is -2.25. The lowest BCUT2D eigenvalue weighted by molar-refractivity contribution is 0.0983. The number of benzene rings is 3. The molecule has 0 radical (unpaired) electrons. The van der Waals surface area contributed by atoms with Gasteiger partial charge in [-0.25, -0.2) is 13.4 Å². The summed E-state index contributed by atoms with van der Waals surface area (Å²) in [5.74, 6) is -0.201. The largest absolute Gasteiger partial charge is 0.302 e. The summed E-state index contributed by atoms with van der Waals surface area (Å²) >= 11 is 1.49. The van der Waals surface area contributed by atoms with Crippen molar-refractivity contribution in [1.82, 2.24) is 9.88 Å². The zero-order valence-corrected chi connectivity index (χ0v) is 23.9. The van der Waals surface area contributed by atoms with Gasteiger partial charge in [0.2, 0.25) is 0 Å². The second-order valence-electron chi connectivity index (χ2n) is 8.93. The molecule has 1 heterocycles. The molecule has 3 aromatic carbocycles. The minimum atomic E-state index is -3.78. The van der Waals surface area contributed by atoms with Crippen LogP contribution in [-0.4, -0.2) is 56.9 Å². The first-order chi connectivity index (χ1) is 18.3. The topological polar surface area (TPSA) is 73.8 Å². The predicted octanol–water partition coefficient (Wildman–Crippen LogP) is 5.81. The van der Waals surface area contributed by atoms with E-state index >= 15 is 0 Å². The maximum absolute atomic E-state index is 13.8. The first-order valence-corrected chi connectivity index (χ1v) is 15.1. The maximum atomic E-state index is 13.8. The van der Waals surface area contributed by atoms with Gasteiger partial charge in [0, 0.05) is 25.2 Å². The summed E-state index contributed by atoms with van der Waals surface area (Å²) in [5, 5.41) is 0.643. The van der Waals surface area contributed by atoms with Gasteiger partial charge in [0.25, 0.3) is 15.9 Å². The Bertz CT molecular complexity index is 1480. The lowest BCUT2D eigenvalue weighted by atomic mass is 10.2. The third kappa shape index (κ3) is 5.75. The van der Waals surface area contributed by atoms with Crippen LogP contribution in [0.25, 0.3) is 10.2 Å². The molecule has 1 amide bonds. The van der Waals surface area contributed by atoms with Crippen molar-refractivity contribution in [2.24, 2.45) is 0 Å². The highest BCUT2D eigenvalue weighted by Gasteiger charge is 2.26. The van der Waals surface area contributed by atoms with E-state index in [0.717, 1.165) is 28.9 Å². The molecule has 0 N–H and O–H groups in total. The molecular weight excluding hydrogens is 516 g/mol. The van der Waals surface area contributed by atoms with Crippen LogP contribution in [0.4, 0.5) is 10.8 Å². The van der Waals surface area contributed by atoms with Crippen molar-refractivity contribution in [2.75, 3.05) is 41.9 Å². The van der Waals surface area contributed by atoms with Crippen LogP contribution < -0.4 is 9.21 Å². The Balaban J connectivity index is 1.65. The van der Waals surface area contributed by atoms with Gasteiger partial charge in [0.05, 0.1) is 20.8 Å². The number of carbonyl (C=O) groups is 1. The molecule has 4 aromatic rings. The first-order valence-electron chi connectivity index (χ1n) is 12.9. The molecule has 0 fully saturated rings. The van der Waals surface area contributed by atoms with E-state index in [2.05, 4.69) is 18.7 Å². The van der Waals surface area contributed by atoms with Crippen LogP contribution >= 0.6 is 11.3 Å². The number of aryl methyl sites for hydroxylation is 1. The van der Waals surface area contributed by atoms with E-state index in [1.165, 1.54) is 27.8 Å². The molecule has 0 spiro atoms. The molecule has 0 unspecified atom stereocenters. The fourth-order valence-electron chi connectivity index (χ4n) is 4.39. The van der Waals surface area contributed by atoms with Gasteiger partial charge in [0.1, 0.15) is 0 Å². The van der Waals surface area contributed by atoms with Crippen molar-refractivity contribution in [1.29, 1.82) is 0 Å². The maximum Gasteiger partial charge on any atom is 0.264 e. The van der Waals surface area contributed by atoms with Gasteiger partial charge < -0.3 is 4.90 Å². The first kappa shape index (κ1) is 27.8. The van der Waals surface area contributed by atoms with E-state index < -0.39 is 10.0 Å². The Hall–Kier alpha value is -3.27. The number of anilines is 2. The summed E-state index contributed by atoms with van der Waals surface area (Å²) in [6, 6.07) is 21.3. The third-order valence-corrected chi connectivity index (χ3v) is 9.60. The minimum Gasteiger partial charge on any atom is -0.302 e. The molecule has 0 saturated heterocycles. The van der Waals surface area contributed by atoms with Crippen molar-refractivity contribution in [3.8, 4) is 0 Å². The highest BCUT2D eigenvalue weighted by atomic mass is 32.2. The van der Waals surface area contributed by atoms with Crippen LogP contribution in [0.3, 0.4) is 0 Å². The van der Waals surface area contributed by atoms with Gasteiger partial charge in [-0.05, 0) is 75.0 Å². The number of thiazole rings is 1. The van der Waals surface area contributed by atoms with E-state index in [9.17, 15) is 13.2 Å². The second-order valence-corrected chi connectivity index (χ2v) is 11.8. The molecule has 200 valence electrons. The molecule has 0 bridgehead atoms. The van der Waals surface area contributed by atoms with Crippen molar-refractivity contribution >= 4 is 48.3 Å². The number of para-hydroxylation sites is 2. The average Bonchev–Trinajstić information content (AvgIpc) is 3.37. The Morgan fingerprint density at radius 2 is 1.53 bits per heavy atom. The van der Waals surface area contributed by atoms with Crippen molar-refractivity contribution in [2.45, 2.75) is 32.6 Å². The summed E-state index contributed by atoms with van der Waals surface area (Å²) in [6.07, 6.45) is 0. The van der Waals surface area contributed by atoms with Gasteiger partial charge in [-0.15, -0.1) is 0 Å². The minimum absolute atomic E-state index is 0.144. The SMILES string of the molecule is CCN(CC)CCN(C(=O)c1ccc(S(=O)(=O)N(CC)c2ccccc2)cc1)c1nc2c(C)cccc2s1. The van der Waals surface area contributed by atoms with Crippen LogP contribution in [0.5, 0.6) is 0 Å². The van der Waals surface area contributed by atoms with Gasteiger partial charge in [0.15, 0.2) is 5.13 Å². The highest BCUT2D eigenvalue weighted by Crippen LogP contribution is 2.32. The summed E-state index contributed by atoms with van der Waals surface area (Å²) < 4.78 is 29.2. The van der Waals surface area contributed by atoms with Crippen molar-refractivity contribution < 1.29 is 13.2 Å². The molecule has 1 aromatic heterocycles. The van der Waals surface area contributed by atoms with Crippen molar-refractivity contribution in [3.63, 3.8) is 0 Å². The van der Waals surface area contributed by atoms with Gasteiger partial charge in [-0.2, -0.15) is 0 Å². The van der Waals surface area contributed by atoms with Crippen LogP contribution in [-0.2, 0) is 10.0 Å². The Labute approximate surface area is 229 Å². The normalized spacial score (nSPS) is 11.7. The number of rotatable bonds is 11. The van der Waals surface area contributed by atoms with Crippen LogP contribution in [0.2, 0.25) is 0 Å². The quantitative estimate of drug-likeness (QED) is 0.236. The molecule has 4 rings (SSSR count). The second kappa shape index (κ2) is 12.1. The number of hydrogen-bond donors (Lipinski definition) is 0. The molecule has 7 nitrogen and oxygen atoms in total. The van der Waals surface area contributed by atoms with Crippen molar-refractivity contribution in [3.05, 3.63) is 83.9 Å². The number of carbonyl (C=O) groups excluding carboxylic acids is 1. The summed E-state index contributed by atoms with van der Waals surface area (Å²) in [6.45, 7) is 11.3.